The van der Waals surface area contributed by atoms with Crippen LogP contribution in [0.1, 0.15) is 38.3 Å². The quantitative estimate of drug-likeness (QED) is 0.244. The van der Waals surface area contributed by atoms with Crippen molar-refractivity contribution in [2.24, 2.45) is 5.92 Å². The van der Waals surface area contributed by atoms with E-state index in [1.54, 1.807) is 30.3 Å². The van der Waals surface area contributed by atoms with Gasteiger partial charge < -0.3 is 15.0 Å². The third-order valence-corrected chi connectivity index (χ3v) is 9.26. The van der Waals surface area contributed by atoms with Gasteiger partial charge in [0.15, 0.2) is 0 Å². The number of hydrogen-bond donors (Lipinski definition) is 1. The number of anilines is 1. The second-order valence-electron chi connectivity index (χ2n) is 10.5. The summed E-state index contributed by atoms with van der Waals surface area (Å²) in [5.74, 6) is 0.00811. The minimum atomic E-state index is -4.18. The number of carbonyl (C=O) groups is 2. The molecule has 42 heavy (non-hydrogen) atoms. The molecule has 0 fully saturated rings. The fraction of sp³-hybridized carbons (Fsp3) is 0.375. The summed E-state index contributed by atoms with van der Waals surface area (Å²) >= 11 is 3.37. The minimum Gasteiger partial charge on any atom is -0.496 e. The van der Waals surface area contributed by atoms with Crippen LogP contribution >= 0.6 is 15.9 Å². The molecule has 0 saturated carbocycles. The Balaban J connectivity index is 2.02. The summed E-state index contributed by atoms with van der Waals surface area (Å²) in [5.41, 5.74) is 2.31. The van der Waals surface area contributed by atoms with Gasteiger partial charge in [-0.1, -0.05) is 68.8 Å². The molecule has 0 spiro atoms. The van der Waals surface area contributed by atoms with Crippen molar-refractivity contribution >= 4 is 43.5 Å². The highest BCUT2D eigenvalue weighted by atomic mass is 79.9. The summed E-state index contributed by atoms with van der Waals surface area (Å²) in [6, 6.07) is 20.4. The number of aryl methyl sites for hydroxylation is 1. The Labute approximate surface area is 258 Å². The maximum atomic E-state index is 14.1. The third-order valence-electron chi connectivity index (χ3n) is 6.87. The molecular formula is C32H40BrN3O5S. The van der Waals surface area contributed by atoms with Gasteiger partial charge in [-0.05, 0) is 77.5 Å². The largest absolute Gasteiger partial charge is 0.496 e. The lowest BCUT2D eigenvalue weighted by atomic mass is 10.1. The van der Waals surface area contributed by atoms with Crippen LogP contribution in [0.4, 0.5) is 5.69 Å². The molecule has 0 aliphatic carbocycles. The van der Waals surface area contributed by atoms with Crippen molar-refractivity contribution in [2.45, 2.75) is 51.5 Å². The summed E-state index contributed by atoms with van der Waals surface area (Å²) in [6.07, 6.45) is 0.899. The molecule has 0 aliphatic rings. The second kappa shape index (κ2) is 15.2. The number of rotatable bonds is 14. The van der Waals surface area contributed by atoms with E-state index in [-0.39, 0.29) is 23.3 Å². The Bertz CT molecular complexity index is 1450. The number of halogens is 1. The number of amides is 2. The van der Waals surface area contributed by atoms with Gasteiger partial charge in [0.1, 0.15) is 18.3 Å². The molecule has 10 heteroatoms. The van der Waals surface area contributed by atoms with E-state index in [9.17, 15) is 18.0 Å². The highest BCUT2D eigenvalue weighted by molar-refractivity contribution is 9.10. The number of methoxy groups -OCH3 is 1. The van der Waals surface area contributed by atoms with Crippen LogP contribution in [0.25, 0.3) is 0 Å². The van der Waals surface area contributed by atoms with Crippen molar-refractivity contribution in [2.75, 3.05) is 31.0 Å². The fourth-order valence-electron chi connectivity index (χ4n) is 4.49. The SMILES string of the molecule is CCC(C(=O)NCC(C)C)N(CCc1ccccc1)C(=O)CN(c1ccc(C)cc1)S(=O)(=O)c1ccc(OC)c(Br)c1. The Hall–Kier alpha value is -3.37. The number of sulfonamides is 1. The first kappa shape index (κ1) is 33.1. The Morgan fingerprint density at radius 3 is 2.24 bits per heavy atom. The van der Waals surface area contributed by atoms with Crippen LogP contribution in [0.2, 0.25) is 0 Å². The lowest BCUT2D eigenvalue weighted by molar-refractivity contribution is -0.139. The molecule has 3 aromatic rings. The van der Waals surface area contributed by atoms with Crippen LogP contribution in [0.3, 0.4) is 0 Å². The summed E-state index contributed by atoms with van der Waals surface area (Å²) in [4.78, 5) is 28.9. The number of ether oxygens (including phenoxy) is 1. The molecule has 0 heterocycles. The van der Waals surface area contributed by atoms with E-state index >= 15 is 0 Å². The molecule has 1 atom stereocenters. The first-order valence-electron chi connectivity index (χ1n) is 14.0. The molecule has 0 bridgehead atoms. The Morgan fingerprint density at radius 1 is 1.00 bits per heavy atom. The lowest BCUT2D eigenvalue weighted by Gasteiger charge is -2.33. The second-order valence-corrected chi connectivity index (χ2v) is 13.2. The zero-order valence-electron chi connectivity index (χ0n) is 24.8. The van der Waals surface area contributed by atoms with Gasteiger partial charge in [0.05, 0.1) is 22.2 Å². The standard InChI is InChI=1S/C32H40BrN3O5S/c1-6-29(32(38)34-21-23(2)3)35(19-18-25-10-8-7-9-11-25)31(37)22-36(26-14-12-24(4)13-15-26)42(39,40)27-16-17-30(41-5)28(33)20-27/h7-17,20,23,29H,6,18-19,21-22H2,1-5H3,(H,34,38). The van der Waals surface area contributed by atoms with E-state index in [1.807, 2.05) is 58.0 Å². The average Bonchev–Trinajstić information content (AvgIpc) is 2.97. The van der Waals surface area contributed by atoms with E-state index in [0.717, 1.165) is 15.4 Å². The molecule has 3 rings (SSSR count). The van der Waals surface area contributed by atoms with Crippen LogP contribution in [0, 0.1) is 12.8 Å². The van der Waals surface area contributed by atoms with E-state index < -0.39 is 28.5 Å². The molecule has 2 amide bonds. The van der Waals surface area contributed by atoms with Crippen molar-refractivity contribution in [3.63, 3.8) is 0 Å². The number of nitrogens with zero attached hydrogens (tertiary/aromatic N) is 2. The average molecular weight is 659 g/mol. The van der Waals surface area contributed by atoms with E-state index in [4.69, 9.17) is 4.74 Å². The smallest absolute Gasteiger partial charge is 0.264 e. The first-order valence-corrected chi connectivity index (χ1v) is 16.2. The molecule has 226 valence electrons. The molecule has 0 radical (unpaired) electrons. The van der Waals surface area contributed by atoms with Crippen molar-refractivity contribution in [1.82, 2.24) is 10.2 Å². The zero-order valence-corrected chi connectivity index (χ0v) is 27.2. The number of nitrogens with one attached hydrogen (secondary N) is 1. The van der Waals surface area contributed by atoms with Gasteiger partial charge in [-0.25, -0.2) is 8.42 Å². The molecule has 1 unspecified atom stereocenters. The highest BCUT2D eigenvalue weighted by Gasteiger charge is 2.33. The van der Waals surface area contributed by atoms with Gasteiger partial charge in [-0.15, -0.1) is 0 Å². The van der Waals surface area contributed by atoms with Crippen LogP contribution in [0.15, 0.2) is 82.2 Å². The van der Waals surface area contributed by atoms with Gasteiger partial charge in [0, 0.05) is 13.1 Å². The third kappa shape index (κ3) is 8.58. The van der Waals surface area contributed by atoms with Gasteiger partial charge in [-0.3, -0.25) is 13.9 Å². The maximum absolute atomic E-state index is 14.1. The van der Waals surface area contributed by atoms with Crippen LogP contribution in [0.5, 0.6) is 5.75 Å². The summed E-state index contributed by atoms with van der Waals surface area (Å²) in [6.45, 7) is 8.02. The molecule has 0 aromatic heterocycles. The van der Waals surface area contributed by atoms with Crippen LogP contribution in [-0.2, 0) is 26.0 Å². The van der Waals surface area contributed by atoms with Crippen molar-refractivity contribution in [3.8, 4) is 5.75 Å². The van der Waals surface area contributed by atoms with Gasteiger partial charge >= 0.3 is 0 Å². The summed E-state index contributed by atoms with van der Waals surface area (Å²) in [5, 5.41) is 2.95. The van der Waals surface area contributed by atoms with Gasteiger partial charge in [0.25, 0.3) is 10.0 Å². The maximum Gasteiger partial charge on any atom is 0.264 e. The normalized spacial score (nSPS) is 12.1. The monoisotopic (exact) mass is 657 g/mol. The lowest BCUT2D eigenvalue weighted by Crippen LogP contribution is -2.53. The fourth-order valence-corrected chi connectivity index (χ4v) is 6.63. The Kier molecular flexibility index (Phi) is 12.0. The number of hydrogen-bond acceptors (Lipinski definition) is 5. The number of carbonyl (C=O) groups excluding carboxylic acids is 2. The molecule has 3 aromatic carbocycles. The van der Waals surface area contributed by atoms with Gasteiger partial charge in [0.2, 0.25) is 11.8 Å². The van der Waals surface area contributed by atoms with E-state index in [2.05, 4.69) is 21.2 Å². The zero-order chi connectivity index (χ0) is 30.9. The molecule has 1 N–H and O–H groups in total. The van der Waals surface area contributed by atoms with Crippen molar-refractivity contribution in [1.29, 1.82) is 0 Å². The van der Waals surface area contributed by atoms with Crippen molar-refractivity contribution < 1.29 is 22.7 Å². The topological polar surface area (TPSA) is 96.0 Å². The van der Waals surface area contributed by atoms with Gasteiger partial charge in [-0.2, -0.15) is 0 Å². The van der Waals surface area contributed by atoms with Crippen LogP contribution < -0.4 is 14.4 Å². The Morgan fingerprint density at radius 2 is 1.67 bits per heavy atom. The summed E-state index contributed by atoms with van der Waals surface area (Å²) in [7, 11) is -2.69. The van der Waals surface area contributed by atoms with E-state index in [0.29, 0.717) is 35.3 Å². The first-order chi connectivity index (χ1) is 20.0. The number of benzene rings is 3. The predicted octanol–water partition coefficient (Wildman–Crippen LogP) is 5.58. The van der Waals surface area contributed by atoms with Crippen molar-refractivity contribution in [3.05, 3.63) is 88.4 Å². The minimum absolute atomic E-state index is 0.00102. The predicted molar refractivity (Wildman–Crippen MR) is 170 cm³/mol. The summed E-state index contributed by atoms with van der Waals surface area (Å²) < 4.78 is 35.0. The molecule has 0 saturated heterocycles. The molecular weight excluding hydrogens is 618 g/mol. The highest BCUT2D eigenvalue weighted by Crippen LogP contribution is 2.31. The molecule has 8 nitrogen and oxygen atoms in total. The van der Waals surface area contributed by atoms with Crippen LogP contribution in [-0.4, -0.2) is 57.9 Å². The molecule has 0 aliphatic heterocycles. The van der Waals surface area contributed by atoms with E-state index in [1.165, 1.54) is 24.1 Å².